The second-order valence-corrected chi connectivity index (χ2v) is 8.85. The molecule has 1 aromatic carbocycles. The lowest BCUT2D eigenvalue weighted by Gasteiger charge is -2.46. The van der Waals surface area contributed by atoms with Gasteiger partial charge >= 0.3 is 6.03 Å². The van der Waals surface area contributed by atoms with Gasteiger partial charge < -0.3 is 15.5 Å². The maximum Gasteiger partial charge on any atom is 0.317 e. The molecular weight excluding hydrogens is 354 g/mol. The largest absolute Gasteiger partial charge is 0.335 e. The number of nitrogens with zero attached hydrogens (tertiary/aromatic N) is 1. The molecule has 0 spiro atoms. The van der Waals surface area contributed by atoms with Crippen LogP contribution < -0.4 is 10.6 Å². The summed E-state index contributed by atoms with van der Waals surface area (Å²) in [6, 6.07) is 8.25. The van der Waals surface area contributed by atoms with E-state index in [1.807, 2.05) is 31.3 Å². The highest BCUT2D eigenvalue weighted by atomic mass is 79.9. The highest BCUT2D eigenvalue weighted by Gasteiger charge is 2.38. The Morgan fingerprint density at radius 3 is 2.26 bits per heavy atom. The summed E-state index contributed by atoms with van der Waals surface area (Å²) in [6.07, 6.45) is 1.88. The van der Waals surface area contributed by atoms with Crippen molar-refractivity contribution in [2.24, 2.45) is 0 Å². The zero-order valence-electron chi connectivity index (χ0n) is 14.7. The number of urea groups is 1. The summed E-state index contributed by atoms with van der Waals surface area (Å²) in [5.74, 6) is 0. The van der Waals surface area contributed by atoms with Gasteiger partial charge in [-0.05, 0) is 58.2 Å². The van der Waals surface area contributed by atoms with Crippen molar-refractivity contribution in [1.82, 2.24) is 15.5 Å². The van der Waals surface area contributed by atoms with E-state index < -0.39 is 0 Å². The van der Waals surface area contributed by atoms with Gasteiger partial charge in [0.05, 0.1) is 0 Å². The fourth-order valence-electron chi connectivity index (χ4n) is 3.64. The molecule has 2 rings (SSSR count). The second-order valence-electron chi connectivity index (χ2n) is 7.93. The number of hydrogen-bond acceptors (Lipinski definition) is 2. The highest BCUT2D eigenvalue weighted by molar-refractivity contribution is 9.10. The van der Waals surface area contributed by atoms with Crippen molar-refractivity contribution < 1.29 is 4.79 Å². The minimum Gasteiger partial charge on any atom is -0.335 e. The van der Waals surface area contributed by atoms with Crippen molar-refractivity contribution in [3.05, 3.63) is 34.3 Å². The van der Waals surface area contributed by atoms with E-state index in [1.165, 1.54) is 0 Å². The Bertz CT molecular complexity index is 538. The zero-order valence-corrected chi connectivity index (χ0v) is 16.3. The number of rotatable bonds is 3. The van der Waals surface area contributed by atoms with E-state index in [0.717, 1.165) is 22.9 Å². The van der Waals surface area contributed by atoms with Crippen LogP contribution in [0.2, 0.25) is 0 Å². The number of benzene rings is 1. The molecule has 1 aromatic rings. The van der Waals surface area contributed by atoms with Crippen molar-refractivity contribution in [2.75, 3.05) is 7.05 Å². The molecule has 0 saturated carbocycles. The zero-order chi connectivity index (χ0) is 17.3. The quantitative estimate of drug-likeness (QED) is 0.833. The van der Waals surface area contributed by atoms with Crippen LogP contribution in [0.15, 0.2) is 28.7 Å². The summed E-state index contributed by atoms with van der Waals surface area (Å²) in [4.78, 5) is 14.2. The third-order valence-corrected chi connectivity index (χ3v) is 4.73. The van der Waals surface area contributed by atoms with E-state index in [0.29, 0.717) is 6.54 Å². The summed E-state index contributed by atoms with van der Waals surface area (Å²) in [5.41, 5.74) is 1.19. The minimum atomic E-state index is -0.00795. The van der Waals surface area contributed by atoms with Gasteiger partial charge in [0.1, 0.15) is 0 Å². The average Bonchev–Trinajstić information content (AvgIpc) is 2.37. The van der Waals surface area contributed by atoms with Gasteiger partial charge in [-0.2, -0.15) is 0 Å². The summed E-state index contributed by atoms with van der Waals surface area (Å²) >= 11 is 3.43. The van der Waals surface area contributed by atoms with E-state index in [2.05, 4.69) is 54.3 Å². The van der Waals surface area contributed by atoms with E-state index in [9.17, 15) is 4.79 Å². The van der Waals surface area contributed by atoms with Gasteiger partial charge in [0.2, 0.25) is 0 Å². The summed E-state index contributed by atoms with van der Waals surface area (Å²) in [6.45, 7) is 9.38. The fraction of sp³-hybridized carbons (Fsp3) is 0.611. The predicted molar refractivity (Wildman–Crippen MR) is 98.5 cm³/mol. The monoisotopic (exact) mass is 381 g/mol. The van der Waals surface area contributed by atoms with Crippen molar-refractivity contribution >= 4 is 22.0 Å². The SMILES string of the molecule is CN(Cc1ccc(Br)cc1)C(=O)NC1CC(C)(C)NC(C)(C)C1. The first kappa shape index (κ1) is 18.3. The number of carbonyl (C=O) groups excluding carboxylic acids is 1. The van der Waals surface area contributed by atoms with Crippen LogP contribution in [0.3, 0.4) is 0 Å². The molecule has 0 aromatic heterocycles. The fourth-order valence-corrected chi connectivity index (χ4v) is 3.91. The number of nitrogens with one attached hydrogen (secondary N) is 2. The molecule has 1 fully saturated rings. The van der Waals surface area contributed by atoms with Gasteiger partial charge in [-0.1, -0.05) is 28.1 Å². The lowest BCUT2D eigenvalue weighted by molar-refractivity contribution is 0.140. The molecule has 128 valence electrons. The van der Waals surface area contributed by atoms with Crippen molar-refractivity contribution in [3.63, 3.8) is 0 Å². The molecule has 0 radical (unpaired) electrons. The second kappa shape index (κ2) is 6.81. The van der Waals surface area contributed by atoms with Crippen LogP contribution >= 0.6 is 15.9 Å². The van der Waals surface area contributed by atoms with E-state index in [-0.39, 0.29) is 23.2 Å². The molecule has 4 nitrogen and oxygen atoms in total. The van der Waals surface area contributed by atoms with Gasteiger partial charge in [-0.25, -0.2) is 4.79 Å². The normalized spacial score (nSPS) is 20.1. The molecule has 1 aliphatic heterocycles. The average molecular weight is 382 g/mol. The van der Waals surface area contributed by atoms with E-state index >= 15 is 0 Å². The number of amides is 2. The molecule has 1 saturated heterocycles. The Morgan fingerprint density at radius 1 is 1.22 bits per heavy atom. The molecule has 1 aliphatic rings. The van der Waals surface area contributed by atoms with Gasteiger partial charge in [0, 0.05) is 35.2 Å². The molecule has 0 unspecified atom stereocenters. The van der Waals surface area contributed by atoms with Gasteiger partial charge in [-0.15, -0.1) is 0 Å². The lowest BCUT2D eigenvalue weighted by Crippen LogP contribution is -2.62. The summed E-state index contributed by atoms with van der Waals surface area (Å²) in [7, 11) is 1.84. The summed E-state index contributed by atoms with van der Waals surface area (Å²) in [5, 5.41) is 6.84. The smallest absolute Gasteiger partial charge is 0.317 e. The maximum atomic E-state index is 12.5. The van der Waals surface area contributed by atoms with Gasteiger partial charge in [-0.3, -0.25) is 0 Å². The third-order valence-electron chi connectivity index (χ3n) is 4.20. The first-order valence-corrected chi connectivity index (χ1v) is 8.91. The maximum absolute atomic E-state index is 12.5. The van der Waals surface area contributed by atoms with Crippen LogP contribution in [0.5, 0.6) is 0 Å². The molecule has 2 N–H and O–H groups in total. The summed E-state index contributed by atoms with van der Waals surface area (Å²) < 4.78 is 1.05. The van der Waals surface area contributed by atoms with Crippen LogP contribution in [0.25, 0.3) is 0 Å². The standard InChI is InChI=1S/C18H28BrN3O/c1-17(2)10-15(11-18(3,4)21-17)20-16(23)22(5)12-13-6-8-14(19)9-7-13/h6-9,15,21H,10-12H2,1-5H3,(H,20,23). The molecule has 23 heavy (non-hydrogen) atoms. The third kappa shape index (κ3) is 5.50. The molecule has 0 aliphatic carbocycles. The van der Waals surface area contributed by atoms with Crippen molar-refractivity contribution in [2.45, 2.75) is 64.2 Å². The molecule has 0 atom stereocenters. The van der Waals surface area contributed by atoms with Crippen LogP contribution in [0.1, 0.15) is 46.1 Å². The molecular formula is C18H28BrN3O. The van der Waals surface area contributed by atoms with Gasteiger partial charge in [0.25, 0.3) is 0 Å². The van der Waals surface area contributed by atoms with Crippen LogP contribution in [-0.4, -0.2) is 35.1 Å². The number of hydrogen-bond donors (Lipinski definition) is 2. The van der Waals surface area contributed by atoms with Gasteiger partial charge in [0.15, 0.2) is 0 Å². The first-order chi connectivity index (χ1) is 10.6. The van der Waals surface area contributed by atoms with Crippen molar-refractivity contribution in [3.8, 4) is 0 Å². The van der Waals surface area contributed by atoms with Crippen LogP contribution in [0.4, 0.5) is 4.79 Å². The Hall–Kier alpha value is -1.07. The van der Waals surface area contributed by atoms with Crippen molar-refractivity contribution in [1.29, 1.82) is 0 Å². The van der Waals surface area contributed by atoms with E-state index in [4.69, 9.17) is 0 Å². The molecule has 1 heterocycles. The predicted octanol–water partition coefficient (Wildman–Crippen LogP) is 3.90. The highest BCUT2D eigenvalue weighted by Crippen LogP contribution is 2.28. The van der Waals surface area contributed by atoms with Crippen LogP contribution in [-0.2, 0) is 6.54 Å². The Kier molecular flexibility index (Phi) is 5.41. The number of piperidine rings is 1. The topological polar surface area (TPSA) is 44.4 Å². The number of halogens is 1. The molecule has 2 amide bonds. The first-order valence-electron chi connectivity index (χ1n) is 8.12. The molecule has 0 bridgehead atoms. The van der Waals surface area contributed by atoms with E-state index in [1.54, 1.807) is 4.90 Å². The Balaban J connectivity index is 1.94. The Labute approximate surface area is 148 Å². The molecule has 5 heteroatoms. The van der Waals surface area contributed by atoms with Crippen LogP contribution in [0, 0.1) is 0 Å². The lowest BCUT2D eigenvalue weighted by atomic mass is 9.80. The Morgan fingerprint density at radius 2 is 1.74 bits per heavy atom. The number of carbonyl (C=O) groups is 1. The minimum absolute atomic E-state index is 0.00795.